The number of rotatable bonds is 0. The summed E-state index contributed by atoms with van der Waals surface area (Å²) >= 11 is 27.6. The summed E-state index contributed by atoms with van der Waals surface area (Å²) in [6, 6.07) is 0. The minimum absolute atomic E-state index is 0.210. The van der Waals surface area contributed by atoms with E-state index in [0.717, 1.165) is 0 Å². The molecule has 0 saturated carbocycles. The van der Waals surface area contributed by atoms with E-state index in [9.17, 15) is 9.59 Å². The molecule has 72 valence electrons. The zero-order valence-electron chi connectivity index (χ0n) is 5.78. The first-order valence-corrected chi connectivity index (χ1v) is 4.91. The third kappa shape index (κ3) is 1.71. The van der Waals surface area contributed by atoms with Gasteiger partial charge >= 0.3 is 0 Å². The van der Waals surface area contributed by atoms with Crippen LogP contribution in [0.5, 0.6) is 0 Å². The molecule has 13 heavy (non-hydrogen) atoms. The van der Waals surface area contributed by atoms with Crippen LogP contribution in [0.2, 0.25) is 0 Å². The molecule has 0 amide bonds. The van der Waals surface area contributed by atoms with Crippen molar-refractivity contribution >= 4 is 69.6 Å². The van der Waals surface area contributed by atoms with Crippen LogP contribution in [0.15, 0.2) is 10.1 Å². The number of alkyl halides is 3. The van der Waals surface area contributed by atoms with Gasteiger partial charge in [0.2, 0.25) is 15.9 Å². The lowest BCUT2D eigenvalue weighted by Gasteiger charge is -2.26. The summed E-state index contributed by atoms with van der Waals surface area (Å²) in [5, 5.41) is -1.84. The van der Waals surface area contributed by atoms with Gasteiger partial charge in [0.1, 0.15) is 10.4 Å². The number of hydrogen-bond acceptors (Lipinski definition) is 2. The maximum atomic E-state index is 11.1. The second-order valence-corrected chi connectivity index (χ2v) is 4.91. The lowest BCUT2D eigenvalue weighted by molar-refractivity contribution is -0.134. The molecule has 7 heteroatoms. The Balaban J connectivity index is 3.31. The SMILES string of the molecule is O=C1C(=O)C(Cl)(Cl)C(Cl)C(Cl)=C1Cl. The molecule has 0 radical (unpaired) electrons. The summed E-state index contributed by atoms with van der Waals surface area (Å²) in [6.45, 7) is 0. The van der Waals surface area contributed by atoms with Crippen molar-refractivity contribution in [1.29, 1.82) is 0 Å². The van der Waals surface area contributed by atoms with Crippen molar-refractivity contribution in [2.75, 3.05) is 0 Å². The van der Waals surface area contributed by atoms with Gasteiger partial charge in [-0.2, -0.15) is 0 Å². The molecule has 0 aliphatic heterocycles. The van der Waals surface area contributed by atoms with Crippen molar-refractivity contribution in [2.24, 2.45) is 0 Å². The van der Waals surface area contributed by atoms with Crippen LogP contribution in [0.25, 0.3) is 0 Å². The van der Waals surface area contributed by atoms with E-state index < -0.39 is 26.3 Å². The van der Waals surface area contributed by atoms with Crippen molar-refractivity contribution in [3.8, 4) is 0 Å². The molecule has 0 bridgehead atoms. The summed E-state index contributed by atoms with van der Waals surface area (Å²) in [7, 11) is 0. The van der Waals surface area contributed by atoms with Crippen LogP contribution in [0.1, 0.15) is 0 Å². The summed E-state index contributed by atoms with van der Waals surface area (Å²) in [4.78, 5) is 22.2. The molecule has 1 aliphatic rings. The third-order valence-electron chi connectivity index (χ3n) is 1.46. The maximum absolute atomic E-state index is 11.1. The van der Waals surface area contributed by atoms with Gasteiger partial charge in [0, 0.05) is 0 Å². The molecule has 0 N–H and O–H groups in total. The Hall–Kier alpha value is 0.530. The van der Waals surface area contributed by atoms with Crippen LogP contribution in [-0.4, -0.2) is 21.3 Å². The average molecular weight is 282 g/mol. The van der Waals surface area contributed by atoms with E-state index in [1.165, 1.54) is 0 Å². The van der Waals surface area contributed by atoms with Crippen LogP contribution < -0.4 is 0 Å². The second kappa shape index (κ2) is 3.59. The minimum atomic E-state index is -2.03. The first-order chi connectivity index (χ1) is 5.80. The number of allylic oxidation sites excluding steroid dienone is 2. The molecule has 0 aromatic heterocycles. The molecule has 1 atom stereocenters. The fraction of sp³-hybridized carbons (Fsp3) is 0.333. The normalized spacial score (nSPS) is 28.2. The number of Topliss-reactive ketones (excluding diaryl/α,β-unsaturated/α-hetero) is 2. The molecular formula is C6HCl5O2. The first kappa shape index (κ1) is 11.6. The summed E-state index contributed by atoms with van der Waals surface area (Å²) < 4.78 is -2.03. The Morgan fingerprint density at radius 2 is 1.62 bits per heavy atom. The van der Waals surface area contributed by atoms with E-state index in [2.05, 4.69) is 0 Å². The van der Waals surface area contributed by atoms with Gasteiger partial charge < -0.3 is 0 Å². The highest BCUT2D eigenvalue weighted by molar-refractivity contribution is 6.77. The van der Waals surface area contributed by atoms with E-state index >= 15 is 0 Å². The molecular weight excluding hydrogens is 281 g/mol. The zero-order chi connectivity index (χ0) is 10.4. The van der Waals surface area contributed by atoms with E-state index in [4.69, 9.17) is 58.0 Å². The summed E-state index contributed by atoms with van der Waals surface area (Å²) in [5.74, 6) is -2.08. The molecule has 0 aromatic rings. The smallest absolute Gasteiger partial charge is 0.244 e. The van der Waals surface area contributed by atoms with E-state index in [0.29, 0.717) is 0 Å². The van der Waals surface area contributed by atoms with Gasteiger partial charge in [0.05, 0.1) is 5.03 Å². The van der Waals surface area contributed by atoms with Crippen LogP contribution >= 0.6 is 58.0 Å². The van der Waals surface area contributed by atoms with Gasteiger partial charge in [-0.1, -0.05) is 46.4 Å². The van der Waals surface area contributed by atoms with E-state index in [-0.39, 0.29) is 5.03 Å². The van der Waals surface area contributed by atoms with Gasteiger partial charge in [-0.3, -0.25) is 9.59 Å². The fourth-order valence-electron chi connectivity index (χ4n) is 0.745. The Kier molecular flexibility index (Phi) is 3.21. The van der Waals surface area contributed by atoms with Crippen molar-refractivity contribution in [3.05, 3.63) is 10.1 Å². The van der Waals surface area contributed by atoms with E-state index in [1.807, 2.05) is 0 Å². The second-order valence-electron chi connectivity index (χ2n) is 2.31. The molecule has 1 rings (SSSR count). The van der Waals surface area contributed by atoms with Crippen molar-refractivity contribution in [3.63, 3.8) is 0 Å². The van der Waals surface area contributed by atoms with Crippen molar-refractivity contribution in [1.82, 2.24) is 0 Å². The third-order valence-corrected chi connectivity index (χ3v) is 4.00. The summed E-state index contributed by atoms with van der Waals surface area (Å²) in [5.41, 5.74) is 0. The number of carbonyl (C=O) groups excluding carboxylic acids is 2. The number of hydrogen-bond donors (Lipinski definition) is 0. The molecule has 0 heterocycles. The average Bonchev–Trinajstić information content (AvgIpc) is 2.09. The Bertz CT molecular complexity index is 319. The summed E-state index contributed by atoms with van der Waals surface area (Å²) in [6.07, 6.45) is 0. The maximum Gasteiger partial charge on any atom is 0.244 e. The minimum Gasteiger partial charge on any atom is -0.287 e. The molecule has 2 nitrogen and oxygen atoms in total. The molecule has 1 unspecified atom stereocenters. The Morgan fingerprint density at radius 3 is 2.08 bits per heavy atom. The number of ketones is 2. The van der Waals surface area contributed by atoms with Crippen molar-refractivity contribution in [2.45, 2.75) is 9.71 Å². The number of halogens is 5. The monoisotopic (exact) mass is 280 g/mol. The molecule has 1 aliphatic carbocycles. The predicted octanol–water partition coefficient (Wildman–Crippen LogP) is 2.61. The van der Waals surface area contributed by atoms with Crippen LogP contribution in [-0.2, 0) is 9.59 Å². The van der Waals surface area contributed by atoms with Gasteiger partial charge in [0.25, 0.3) is 0 Å². The highest BCUT2D eigenvalue weighted by Gasteiger charge is 2.51. The highest BCUT2D eigenvalue weighted by Crippen LogP contribution is 2.42. The Morgan fingerprint density at radius 1 is 1.15 bits per heavy atom. The fourth-order valence-corrected chi connectivity index (χ4v) is 1.96. The van der Waals surface area contributed by atoms with Crippen LogP contribution in [0.3, 0.4) is 0 Å². The largest absolute Gasteiger partial charge is 0.287 e. The highest BCUT2D eigenvalue weighted by atomic mass is 35.5. The molecule has 0 fully saturated rings. The van der Waals surface area contributed by atoms with Gasteiger partial charge in [0.15, 0.2) is 0 Å². The van der Waals surface area contributed by atoms with Gasteiger partial charge in [-0.05, 0) is 0 Å². The quantitative estimate of drug-likeness (QED) is 0.505. The van der Waals surface area contributed by atoms with Gasteiger partial charge in [-0.25, -0.2) is 0 Å². The topological polar surface area (TPSA) is 34.1 Å². The lowest BCUT2D eigenvalue weighted by atomic mass is 10.0. The molecule has 0 spiro atoms. The Labute approximate surface area is 98.7 Å². The zero-order valence-corrected chi connectivity index (χ0v) is 9.56. The molecule has 0 aromatic carbocycles. The van der Waals surface area contributed by atoms with Gasteiger partial charge in [-0.15, -0.1) is 11.6 Å². The van der Waals surface area contributed by atoms with Crippen LogP contribution in [0, 0.1) is 0 Å². The van der Waals surface area contributed by atoms with Crippen LogP contribution in [0.4, 0.5) is 0 Å². The molecule has 0 saturated heterocycles. The standard InChI is InChI=1S/C6HCl5O2/c7-1-2(8)4(9)6(10,11)5(13)3(1)12/h4H. The lowest BCUT2D eigenvalue weighted by Crippen LogP contribution is -2.45. The van der Waals surface area contributed by atoms with E-state index in [1.54, 1.807) is 0 Å². The predicted molar refractivity (Wildman–Crippen MR) is 52.8 cm³/mol. The first-order valence-electron chi connectivity index (χ1n) is 2.96. The number of carbonyl (C=O) groups is 2. The van der Waals surface area contributed by atoms with Crippen molar-refractivity contribution < 1.29 is 9.59 Å².